The molecule has 1 aromatic carbocycles. The number of aromatic nitrogens is 5. The van der Waals surface area contributed by atoms with E-state index in [4.69, 9.17) is 4.74 Å². The lowest BCUT2D eigenvalue weighted by Crippen LogP contribution is -2.49. The second-order valence-electron chi connectivity index (χ2n) is 6.47. The molecule has 28 heavy (non-hydrogen) atoms. The van der Waals surface area contributed by atoms with Crippen LogP contribution in [0.3, 0.4) is 0 Å². The first-order chi connectivity index (χ1) is 13.7. The predicted octanol–water partition coefficient (Wildman–Crippen LogP) is 0.957. The summed E-state index contributed by atoms with van der Waals surface area (Å²) in [7, 11) is 1.63. The molecule has 1 saturated heterocycles. The van der Waals surface area contributed by atoms with Crippen molar-refractivity contribution in [3.05, 3.63) is 54.9 Å². The molecule has 144 valence electrons. The van der Waals surface area contributed by atoms with Gasteiger partial charge in [0.1, 0.15) is 30.5 Å². The normalized spacial score (nSPS) is 14.2. The monoisotopic (exact) mass is 379 g/mol. The molecule has 1 amide bonds. The van der Waals surface area contributed by atoms with Gasteiger partial charge in [-0.25, -0.2) is 19.6 Å². The molecule has 4 rings (SSSR count). The Morgan fingerprint density at radius 1 is 1.07 bits per heavy atom. The highest BCUT2D eigenvalue weighted by Gasteiger charge is 2.22. The van der Waals surface area contributed by atoms with Crippen LogP contribution in [0.25, 0.3) is 5.82 Å². The number of rotatable bonds is 5. The van der Waals surface area contributed by atoms with Crippen LogP contribution >= 0.6 is 0 Å². The average Bonchev–Trinajstić information content (AvgIpc) is 3.29. The number of piperazine rings is 1. The third-order valence-corrected chi connectivity index (χ3v) is 4.74. The van der Waals surface area contributed by atoms with Gasteiger partial charge in [0.25, 0.3) is 0 Å². The van der Waals surface area contributed by atoms with E-state index in [-0.39, 0.29) is 5.91 Å². The molecular weight excluding hydrogens is 358 g/mol. The number of amides is 1. The maximum absolute atomic E-state index is 12.6. The summed E-state index contributed by atoms with van der Waals surface area (Å²) in [4.78, 5) is 29.2. The number of hydrogen-bond acceptors (Lipinski definition) is 7. The number of hydrogen-bond donors (Lipinski definition) is 0. The fourth-order valence-corrected chi connectivity index (χ4v) is 3.22. The highest BCUT2D eigenvalue weighted by molar-refractivity contribution is 5.79. The molecular formula is C19H21N7O2. The Hall–Kier alpha value is -3.49. The van der Waals surface area contributed by atoms with Gasteiger partial charge in [-0.3, -0.25) is 4.79 Å². The Bertz CT molecular complexity index is 937. The molecule has 9 heteroatoms. The highest BCUT2D eigenvalue weighted by atomic mass is 16.5. The summed E-state index contributed by atoms with van der Waals surface area (Å²) in [6, 6.07) is 9.51. The van der Waals surface area contributed by atoms with Crippen molar-refractivity contribution in [3.8, 4) is 11.6 Å². The van der Waals surface area contributed by atoms with Crippen molar-refractivity contribution in [2.45, 2.75) is 6.42 Å². The lowest BCUT2D eigenvalue weighted by atomic mass is 10.1. The zero-order valence-electron chi connectivity index (χ0n) is 15.6. The number of methoxy groups -OCH3 is 1. The van der Waals surface area contributed by atoms with Crippen LogP contribution in [-0.4, -0.2) is 68.8 Å². The van der Waals surface area contributed by atoms with Gasteiger partial charge in [0.2, 0.25) is 5.91 Å². The van der Waals surface area contributed by atoms with Gasteiger partial charge in [0, 0.05) is 32.2 Å². The molecule has 0 unspecified atom stereocenters. The van der Waals surface area contributed by atoms with E-state index >= 15 is 0 Å². The zero-order valence-corrected chi connectivity index (χ0v) is 15.6. The number of carbonyl (C=O) groups is 1. The van der Waals surface area contributed by atoms with Crippen LogP contribution in [0.2, 0.25) is 0 Å². The van der Waals surface area contributed by atoms with E-state index in [0.29, 0.717) is 25.3 Å². The second kappa shape index (κ2) is 8.03. The van der Waals surface area contributed by atoms with Gasteiger partial charge >= 0.3 is 0 Å². The van der Waals surface area contributed by atoms with Crippen molar-refractivity contribution in [1.29, 1.82) is 0 Å². The van der Waals surface area contributed by atoms with E-state index in [1.54, 1.807) is 18.1 Å². The minimum Gasteiger partial charge on any atom is -0.497 e. The topological polar surface area (TPSA) is 89.3 Å². The molecule has 0 radical (unpaired) electrons. The predicted molar refractivity (Wildman–Crippen MR) is 102 cm³/mol. The Morgan fingerprint density at radius 2 is 1.89 bits per heavy atom. The van der Waals surface area contributed by atoms with Crippen molar-refractivity contribution in [1.82, 2.24) is 29.6 Å². The minimum atomic E-state index is 0.124. The molecule has 3 heterocycles. The van der Waals surface area contributed by atoms with E-state index in [1.807, 2.05) is 35.2 Å². The number of ether oxygens (including phenoxy) is 1. The summed E-state index contributed by atoms with van der Waals surface area (Å²) < 4.78 is 6.82. The Labute approximate surface area is 162 Å². The second-order valence-corrected chi connectivity index (χ2v) is 6.47. The van der Waals surface area contributed by atoms with Gasteiger partial charge in [-0.1, -0.05) is 12.1 Å². The summed E-state index contributed by atoms with van der Waals surface area (Å²) in [5.41, 5.74) is 0.958. The number of nitrogens with zero attached hydrogens (tertiary/aromatic N) is 7. The first-order valence-electron chi connectivity index (χ1n) is 9.05. The quantitative estimate of drug-likeness (QED) is 0.652. The van der Waals surface area contributed by atoms with Gasteiger partial charge in [-0.2, -0.15) is 5.10 Å². The lowest BCUT2D eigenvalue weighted by Gasteiger charge is -2.35. The van der Waals surface area contributed by atoms with E-state index < -0.39 is 0 Å². The largest absolute Gasteiger partial charge is 0.497 e. The molecule has 1 aliphatic heterocycles. The maximum Gasteiger partial charge on any atom is 0.227 e. The molecule has 0 saturated carbocycles. The molecule has 0 aliphatic carbocycles. The molecule has 0 bridgehead atoms. The smallest absolute Gasteiger partial charge is 0.227 e. The SMILES string of the molecule is COc1cccc(CC(=O)N2CCN(c3cc(-n4cncn4)ncn3)CC2)c1. The number of carbonyl (C=O) groups excluding carboxylic acids is 1. The fourth-order valence-electron chi connectivity index (χ4n) is 3.22. The van der Waals surface area contributed by atoms with Gasteiger partial charge in [-0.05, 0) is 17.7 Å². The first kappa shape index (κ1) is 17.9. The summed E-state index contributed by atoms with van der Waals surface area (Å²) >= 11 is 0. The first-order valence-corrected chi connectivity index (χ1v) is 9.05. The van der Waals surface area contributed by atoms with E-state index in [1.165, 1.54) is 12.7 Å². The molecule has 0 atom stereocenters. The van der Waals surface area contributed by atoms with Crippen LogP contribution in [0.4, 0.5) is 5.82 Å². The third-order valence-electron chi connectivity index (χ3n) is 4.74. The summed E-state index contributed by atoms with van der Waals surface area (Å²) in [6.45, 7) is 2.76. The number of anilines is 1. The average molecular weight is 379 g/mol. The lowest BCUT2D eigenvalue weighted by molar-refractivity contribution is -0.130. The molecule has 9 nitrogen and oxygen atoms in total. The molecule has 1 aliphatic rings. The van der Waals surface area contributed by atoms with E-state index in [2.05, 4.69) is 25.0 Å². The van der Waals surface area contributed by atoms with Gasteiger partial charge in [0.15, 0.2) is 5.82 Å². The van der Waals surface area contributed by atoms with Crippen LogP contribution < -0.4 is 9.64 Å². The van der Waals surface area contributed by atoms with Crippen molar-refractivity contribution in [2.75, 3.05) is 38.2 Å². The van der Waals surface area contributed by atoms with Crippen LogP contribution in [0, 0.1) is 0 Å². The molecule has 0 spiro atoms. The maximum atomic E-state index is 12.6. The Morgan fingerprint density at radius 3 is 2.64 bits per heavy atom. The fraction of sp³-hybridized carbons (Fsp3) is 0.316. The molecule has 0 N–H and O–H groups in total. The van der Waals surface area contributed by atoms with Gasteiger partial charge in [-0.15, -0.1) is 0 Å². The van der Waals surface area contributed by atoms with Gasteiger partial charge in [0.05, 0.1) is 13.5 Å². The van der Waals surface area contributed by atoms with Crippen molar-refractivity contribution < 1.29 is 9.53 Å². The van der Waals surface area contributed by atoms with Crippen molar-refractivity contribution in [3.63, 3.8) is 0 Å². The van der Waals surface area contributed by atoms with Crippen molar-refractivity contribution in [2.24, 2.45) is 0 Å². The van der Waals surface area contributed by atoms with Crippen LogP contribution in [0.1, 0.15) is 5.56 Å². The standard InChI is InChI=1S/C19H21N7O2/c1-28-16-4-2-3-15(9-16)10-19(27)25-7-5-24(6-8-25)17-11-18(22-13-21-17)26-14-20-12-23-26/h2-4,9,11-14H,5-8,10H2,1H3. The Balaban J connectivity index is 1.37. The Kier molecular flexibility index (Phi) is 5.14. The van der Waals surface area contributed by atoms with Crippen molar-refractivity contribution >= 4 is 11.7 Å². The zero-order chi connectivity index (χ0) is 19.3. The highest BCUT2D eigenvalue weighted by Crippen LogP contribution is 2.17. The summed E-state index contributed by atoms with van der Waals surface area (Å²) in [6.07, 6.45) is 4.96. The number of benzene rings is 1. The van der Waals surface area contributed by atoms with Crippen LogP contribution in [-0.2, 0) is 11.2 Å². The van der Waals surface area contributed by atoms with Crippen LogP contribution in [0.15, 0.2) is 49.3 Å². The minimum absolute atomic E-state index is 0.124. The van der Waals surface area contributed by atoms with E-state index in [0.717, 1.165) is 30.2 Å². The molecule has 3 aromatic rings. The summed E-state index contributed by atoms with van der Waals surface area (Å²) in [5, 5.41) is 4.10. The summed E-state index contributed by atoms with van der Waals surface area (Å²) in [5.74, 6) is 2.38. The third kappa shape index (κ3) is 3.93. The molecule has 1 fully saturated rings. The van der Waals surface area contributed by atoms with Crippen LogP contribution in [0.5, 0.6) is 5.75 Å². The molecule has 2 aromatic heterocycles. The van der Waals surface area contributed by atoms with Gasteiger partial charge < -0.3 is 14.5 Å². The van der Waals surface area contributed by atoms with E-state index in [9.17, 15) is 4.79 Å².